The van der Waals surface area contributed by atoms with Crippen molar-refractivity contribution >= 4 is 91.9 Å². The lowest BCUT2D eigenvalue weighted by Gasteiger charge is -2.30. The van der Waals surface area contributed by atoms with E-state index in [0.717, 1.165) is 19.3 Å². The van der Waals surface area contributed by atoms with Crippen LogP contribution in [0, 0.1) is 60.1 Å². The second kappa shape index (κ2) is 28.9. The number of rotatable bonds is 12. The van der Waals surface area contributed by atoms with Gasteiger partial charge in [0, 0.05) is 99.0 Å². The molecule has 4 aliphatic heterocycles. The first-order valence-electron chi connectivity index (χ1n) is 27.3. The number of benzene rings is 2. The zero-order valence-electron chi connectivity index (χ0n) is 46.7. The Morgan fingerprint density at radius 2 is 1.08 bits per heavy atom. The Morgan fingerprint density at radius 1 is 0.667 bits per heavy atom. The van der Waals surface area contributed by atoms with Crippen LogP contribution in [0.3, 0.4) is 0 Å². The topological polar surface area (TPSA) is 442 Å². The Hall–Kier alpha value is -8.97. The number of nitrogens with one attached hydrogen (secondary N) is 2. The highest BCUT2D eigenvalue weighted by Gasteiger charge is 2.49. The number of amides is 4. The first-order valence-corrected chi connectivity index (χ1v) is 28.4. The molecular formula is C54H61IN16O16. The van der Waals surface area contributed by atoms with Crippen molar-refractivity contribution in [3.63, 3.8) is 0 Å². The van der Waals surface area contributed by atoms with Gasteiger partial charge >= 0.3 is 12.2 Å². The van der Waals surface area contributed by atoms with Gasteiger partial charge in [0.05, 0.1) is 22.5 Å². The number of carbonyl (C=O) groups excluding carboxylic acids is 4. The number of nitro benzene ring substituents is 2. The molecule has 0 saturated carbocycles. The number of nitrogen functional groups attached to an aromatic ring is 2. The fourth-order valence-electron chi connectivity index (χ4n) is 9.72. The van der Waals surface area contributed by atoms with Crippen LogP contribution in [-0.4, -0.2) is 179 Å². The van der Waals surface area contributed by atoms with Crippen molar-refractivity contribution < 1.29 is 68.4 Å². The monoisotopic (exact) mass is 1320 g/mol. The van der Waals surface area contributed by atoms with Crippen LogP contribution >= 0.6 is 22.6 Å². The summed E-state index contributed by atoms with van der Waals surface area (Å²) in [4.78, 5) is 97.3. The maximum atomic E-state index is 12.5. The Balaban J connectivity index is 0.000000187. The van der Waals surface area contributed by atoms with Crippen LogP contribution in [0.2, 0.25) is 0 Å². The molecule has 10 N–H and O–H groups in total. The third kappa shape index (κ3) is 15.4. The molecule has 8 heterocycles. The number of terminal acetylenes is 1. The zero-order valence-corrected chi connectivity index (χ0v) is 48.9. The minimum Gasteiger partial charge on any atom is -0.410 e. The van der Waals surface area contributed by atoms with Crippen LogP contribution in [0.5, 0.6) is 11.5 Å². The Labute approximate surface area is 508 Å². The number of hydrogen-bond acceptors (Lipinski definition) is 24. The van der Waals surface area contributed by atoms with Crippen LogP contribution in [0.4, 0.5) is 32.6 Å². The lowest BCUT2D eigenvalue weighted by molar-refractivity contribution is -0.385. The number of likely N-dealkylation sites (N-methyl/N-ethyl adjacent to an activating group) is 2. The number of anilines is 2. The molecule has 0 spiro atoms. The molecule has 2 aromatic carbocycles. The number of nitrogens with two attached hydrogens (primary N) is 2. The normalized spacial score (nSPS) is 21.9. The molecular weight excluding hydrogens is 1260 g/mol. The molecule has 8 atom stereocenters. The quantitative estimate of drug-likeness (QED) is 0.0286. The van der Waals surface area contributed by atoms with Gasteiger partial charge < -0.3 is 71.3 Å². The molecule has 4 aliphatic rings. The Bertz CT molecular complexity index is 3580. The predicted octanol–water partition coefficient (Wildman–Crippen LogP) is 2.32. The Morgan fingerprint density at radius 3 is 1.49 bits per heavy atom. The number of imidazole rings is 2. The standard InChI is InChI=1S/C27H30N8O8.C15H16N2O4.C12H15IN6O4/c1-2-29-25(38)22-20(36)21(37)26(43-22)34-14-30-19-23(28)31-18(32-24(19)34)5-3-4-15-10-12-33(13-11-15)27(39)42-17-8-6-16(7-9-17)35(40)41;1-2-3-12-8-10-16(11-9-12)15(18)21-14-6-4-13(5-7-14)17(19)20;1-2-15-10(22)7-5(20)6(21)11(23-7)19-3-16-4-8(14)17-12(13)18-9(4)19/h6-9,14-15,20-22,26,36-37H,2,4,10-13H2,1H3,(H,29,38)(H2,28,31,32);1,4-7,12H,3,8-11H2;3,5-7,11,20-21H,2H2,1H3,(H,15,22)(H2,14,17,18)/t20?,21-,22-,26+;;5?,6-,7-,11+/m0.0/s1. The molecule has 4 saturated heterocycles. The van der Waals surface area contributed by atoms with Gasteiger partial charge in [-0.2, -0.15) is 0 Å². The van der Waals surface area contributed by atoms with Crippen molar-refractivity contribution in [3.05, 3.63) is 91.1 Å². The average Bonchev–Trinajstić information content (AvgIpc) is 1.99. The van der Waals surface area contributed by atoms with Gasteiger partial charge in [0.15, 0.2) is 51.4 Å². The van der Waals surface area contributed by atoms with E-state index in [1.165, 1.54) is 70.3 Å². The summed E-state index contributed by atoms with van der Waals surface area (Å²) in [5, 5.41) is 67.7. The fraction of sp³-hybridized carbons (Fsp3) is 0.444. The summed E-state index contributed by atoms with van der Waals surface area (Å²) in [5.74, 6) is 9.21. The summed E-state index contributed by atoms with van der Waals surface area (Å²) >= 11 is 1.91. The largest absolute Gasteiger partial charge is 0.415 e. The van der Waals surface area contributed by atoms with Crippen LogP contribution < -0.4 is 31.6 Å². The number of nitrogens with zero attached hydrogens (tertiary/aromatic N) is 12. The third-order valence-electron chi connectivity index (χ3n) is 14.4. The number of likely N-dealkylation sites (tertiary alicyclic amines) is 2. The van der Waals surface area contributed by atoms with E-state index in [0.29, 0.717) is 85.2 Å². The molecule has 460 valence electrons. The number of ether oxygens (including phenoxy) is 4. The smallest absolute Gasteiger partial charge is 0.410 e. The van der Waals surface area contributed by atoms with Crippen molar-refractivity contribution in [3.8, 4) is 35.7 Å². The summed E-state index contributed by atoms with van der Waals surface area (Å²) < 4.78 is 25.0. The second-order valence-corrected chi connectivity index (χ2v) is 21.1. The van der Waals surface area contributed by atoms with Crippen molar-refractivity contribution in [2.24, 2.45) is 11.8 Å². The molecule has 6 aromatic rings. The number of piperidine rings is 2. The van der Waals surface area contributed by atoms with Crippen molar-refractivity contribution in [1.29, 1.82) is 0 Å². The van der Waals surface area contributed by atoms with E-state index < -0.39 is 82.9 Å². The number of halogens is 1. The van der Waals surface area contributed by atoms with E-state index >= 15 is 0 Å². The van der Waals surface area contributed by atoms with E-state index in [1.807, 2.05) is 22.6 Å². The molecule has 87 heavy (non-hydrogen) atoms. The molecule has 33 heteroatoms. The van der Waals surface area contributed by atoms with Gasteiger partial charge in [0.25, 0.3) is 23.2 Å². The fourth-order valence-corrected chi connectivity index (χ4v) is 10.2. The maximum Gasteiger partial charge on any atom is 0.415 e. The number of aliphatic hydroxyl groups is 4. The van der Waals surface area contributed by atoms with Crippen LogP contribution in [-0.2, 0) is 19.1 Å². The molecule has 0 radical (unpaired) electrons. The minimum absolute atomic E-state index is 0.0371. The molecule has 4 fully saturated rings. The number of nitro groups is 2. The highest BCUT2D eigenvalue weighted by molar-refractivity contribution is 14.1. The van der Waals surface area contributed by atoms with Crippen molar-refractivity contribution in [1.82, 2.24) is 59.5 Å². The first-order chi connectivity index (χ1) is 41.7. The van der Waals surface area contributed by atoms with Crippen LogP contribution in [0.25, 0.3) is 22.3 Å². The number of fused-ring (bicyclic) bond motifs is 2. The van der Waals surface area contributed by atoms with Crippen LogP contribution in [0.15, 0.2) is 61.2 Å². The molecule has 2 unspecified atom stereocenters. The summed E-state index contributed by atoms with van der Waals surface area (Å²) in [7, 11) is 0. The molecule has 32 nitrogen and oxygen atoms in total. The van der Waals surface area contributed by atoms with Crippen LogP contribution in [0.1, 0.15) is 70.7 Å². The van der Waals surface area contributed by atoms with Gasteiger partial charge in [-0.25, -0.2) is 39.5 Å². The third-order valence-corrected chi connectivity index (χ3v) is 14.8. The number of hydrogen-bond donors (Lipinski definition) is 8. The van der Waals surface area contributed by atoms with E-state index in [-0.39, 0.29) is 51.7 Å². The summed E-state index contributed by atoms with van der Waals surface area (Å²) in [6.45, 7) is 6.39. The highest BCUT2D eigenvalue weighted by atomic mass is 127. The summed E-state index contributed by atoms with van der Waals surface area (Å²) in [6, 6.07) is 10.8. The minimum atomic E-state index is -1.46. The number of carbonyl (C=O) groups is 4. The van der Waals surface area contributed by atoms with E-state index in [4.69, 9.17) is 36.8 Å². The van der Waals surface area contributed by atoms with Gasteiger partial charge in [-0.05, 0) is 81.6 Å². The molecule has 0 aliphatic carbocycles. The van der Waals surface area contributed by atoms with Gasteiger partial charge in [-0.15, -0.1) is 12.3 Å². The van der Waals surface area contributed by atoms with E-state index in [2.05, 4.69) is 58.3 Å². The predicted molar refractivity (Wildman–Crippen MR) is 313 cm³/mol. The summed E-state index contributed by atoms with van der Waals surface area (Å²) in [5.41, 5.74) is 13.0. The Kier molecular flexibility index (Phi) is 21.3. The first kappa shape index (κ1) is 64.0. The van der Waals surface area contributed by atoms with Crippen molar-refractivity contribution in [2.75, 3.05) is 50.7 Å². The zero-order chi connectivity index (χ0) is 62.6. The maximum absolute atomic E-state index is 12.5. The van der Waals surface area contributed by atoms with Gasteiger partial charge in [0.1, 0.15) is 46.9 Å². The van der Waals surface area contributed by atoms with E-state index in [9.17, 15) is 59.8 Å². The lowest BCUT2D eigenvalue weighted by Crippen LogP contribution is -2.42. The van der Waals surface area contributed by atoms with Crippen molar-refractivity contribution in [2.45, 2.75) is 101 Å². The molecule has 10 rings (SSSR count). The number of aromatic nitrogens is 8. The second-order valence-electron chi connectivity index (χ2n) is 20.1. The molecule has 0 bridgehead atoms. The number of aliphatic hydroxyl groups excluding tert-OH is 4. The highest BCUT2D eigenvalue weighted by Crippen LogP contribution is 2.35. The summed E-state index contributed by atoms with van der Waals surface area (Å²) in [6.07, 6.45) is 1.33. The molecule has 4 amide bonds. The van der Waals surface area contributed by atoms with Gasteiger partial charge in [-0.3, -0.25) is 39.0 Å². The SMILES string of the molecule is C#CCC1CCN(C(=O)Oc2ccc([N+](=O)[O-])cc2)CC1.CCNC(=O)[C@H]1O[C@@H](n2cnc3c(N)nc(C#CCC4CCN(C(=O)Oc5ccc([N+](=O)[O-])cc5)CC4)nc32)[C@@H](O)C1O.CCNC(=O)[C@H]1O[C@@H](n2cnc3c(N)nc(I)nc32)[C@@H](O)C1O. The average molecular weight is 1320 g/mol. The lowest BCUT2D eigenvalue weighted by atomic mass is 9.94. The van der Waals surface area contributed by atoms with E-state index in [1.54, 1.807) is 23.6 Å². The van der Waals surface area contributed by atoms with Gasteiger partial charge in [0.2, 0.25) is 5.82 Å². The van der Waals surface area contributed by atoms with Gasteiger partial charge in [-0.1, -0.05) is 5.92 Å². The number of non-ortho nitro benzene ring substituents is 2. The molecule has 4 aromatic heterocycles.